The smallest absolute Gasteiger partial charge is 0.338 e. The average molecular weight is 450 g/mol. The predicted molar refractivity (Wildman–Crippen MR) is 123 cm³/mol. The van der Waals surface area contributed by atoms with Crippen molar-refractivity contribution in [2.75, 3.05) is 16.3 Å². The predicted octanol–water partition coefficient (Wildman–Crippen LogP) is 4.62. The molecule has 0 N–H and O–H groups in total. The molecule has 8 heteroatoms. The standard InChI is InChI=1S/C24H23N3O4S/c1-16-6-3-9-21(12-16)27(17(2)28)24-25-19(15-32-24)14-31-23(30)18-7-4-8-20(13-18)26-11-5-10-22(26)29/h3-4,6-9,12-13,15H,5,10-11,14H2,1-2H3. The minimum atomic E-state index is -0.491. The molecule has 1 fully saturated rings. The first-order valence-electron chi connectivity index (χ1n) is 10.3. The number of hydrogen-bond donors (Lipinski definition) is 0. The summed E-state index contributed by atoms with van der Waals surface area (Å²) in [4.78, 5) is 44.5. The van der Waals surface area contributed by atoms with E-state index < -0.39 is 5.97 Å². The zero-order chi connectivity index (χ0) is 22.7. The summed E-state index contributed by atoms with van der Waals surface area (Å²) in [5.41, 5.74) is 3.42. The molecule has 0 atom stereocenters. The van der Waals surface area contributed by atoms with Crippen LogP contribution in [0.25, 0.3) is 0 Å². The third kappa shape index (κ3) is 4.70. The molecule has 0 aliphatic carbocycles. The highest BCUT2D eigenvalue weighted by Gasteiger charge is 2.23. The van der Waals surface area contributed by atoms with E-state index >= 15 is 0 Å². The number of carbonyl (C=O) groups is 3. The maximum Gasteiger partial charge on any atom is 0.338 e. The van der Waals surface area contributed by atoms with Crippen LogP contribution in [0.4, 0.5) is 16.5 Å². The maximum absolute atomic E-state index is 12.6. The molecule has 2 amide bonds. The van der Waals surface area contributed by atoms with Crippen molar-refractivity contribution >= 4 is 45.6 Å². The Bertz CT molecular complexity index is 1170. The van der Waals surface area contributed by atoms with E-state index in [2.05, 4.69) is 4.98 Å². The Morgan fingerprint density at radius 2 is 2.00 bits per heavy atom. The number of aromatic nitrogens is 1. The van der Waals surface area contributed by atoms with Crippen LogP contribution in [0, 0.1) is 6.92 Å². The van der Waals surface area contributed by atoms with Gasteiger partial charge >= 0.3 is 5.97 Å². The van der Waals surface area contributed by atoms with E-state index in [0.29, 0.717) is 35.0 Å². The van der Waals surface area contributed by atoms with Crippen molar-refractivity contribution in [1.29, 1.82) is 0 Å². The van der Waals surface area contributed by atoms with Crippen LogP contribution in [0.15, 0.2) is 53.9 Å². The molecule has 32 heavy (non-hydrogen) atoms. The molecule has 2 heterocycles. The molecule has 1 aliphatic rings. The summed E-state index contributed by atoms with van der Waals surface area (Å²) in [7, 11) is 0. The molecule has 0 saturated carbocycles. The van der Waals surface area contributed by atoms with Gasteiger partial charge in [-0.2, -0.15) is 0 Å². The van der Waals surface area contributed by atoms with Gasteiger partial charge in [-0.15, -0.1) is 11.3 Å². The number of aryl methyl sites for hydroxylation is 1. The summed E-state index contributed by atoms with van der Waals surface area (Å²) in [6.07, 6.45) is 1.35. The first kappa shape index (κ1) is 21.7. The summed E-state index contributed by atoms with van der Waals surface area (Å²) >= 11 is 1.31. The molecule has 4 rings (SSSR count). The van der Waals surface area contributed by atoms with Gasteiger partial charge in [-0.05, 0) is 49.2 Å². The Labute approximate surface area is 190 Å². The van der Waals surface area contributed by atoms with Gasteiger partial charge in [0.05, 0.1) is 16.9 Å². The Morgan fingerprint density at radius 1 is 1.19 bits per heavy atom. The van der Waals surface area contributed by atoms with Crippen LogP contribution >= 0.6 is 11.3 Å². The Kier molecular flexibility index (Phi) is 6.32. The van der Waals surface area contributed by atoms with Crippen LogP contribution in [0.2, 0.25) is 0 Å². The molecule has 0 unspecified atom stereocenters. The molecular formula is C24H23N3O4S. The molecule has 3 aromatic rings. The minimum absolute atomic E-state index is 0.0121. The molecule has 0 radical (unpaired) electrons. The van der Waals surface area contributed by atoms with Crippen LogP contribution in [-0.4, -0.2) is 29.3 Å². The number of hydrogen-bond acceptors (Lipinski definition) is 6. The molecule has 7 nitrogen and oxygen atoms in total. The van der Waals surface area contributed by atoms with E-state index in [0.717, 1.165) is 17.7 Å². The second kappa shape index (κ2) is 9.32. The number of thiazole rings is 1. The van der Waals surface area contributed by atoms with Crippen LogP contribution in [0.5, 0.6) is 0 Å². The Balaban J connectivity index is 1.44. The third-order valence-electron chi connectivity index (χ3n) is 5.12. The highest BCUT2D eigenvalue weighted by molar-refractivity contribution is 7.14. The van der Waals surface area contributed by atoms with E-state index in [1.54, 1.807) is 33.4 Å². The van der Waals surface area contributed by atoms with Gasteiger partial charge in [-0.25, -0.2) is 9.78 Å². The Hall–Kier alpha value is -3.52. The van der Waals surface area contributed by atoms with Crippen molar-refractivity contribution < 1.29 is 19.1 Å². The van der Waals surface area contributed by atoms with Crippen molar-refractivity contribution in [1.82, 2.24) is 4.98 Å². The zero-order valence-electron chi connectivity index (χ0n) is 17.9. The number of carbonyl (C=O) groups excluding carboxylic acids is 3. The number of anilines is 3. The van der Waals surface area contributed by atoms with Gasteiger partial charge in [0.25, 0.3) is 0 Å². The van der Waals surface area contributed by atoms with Gasteiger partial charge in [0.1, 0.15) is 6.61 Å². The third-order valence-corrected chi connectivity index (χ3v) is 6.00. The monoisotopic (exact) mass is 449 g/mol. The van der Waals surface area contributed by atoms with E-state index in [9.17, 15) is 14.4 Å². The van der Waals surface area contributed by atoms with Crippen LogP contribution < -0.4 is 9.80 Å². The summed E-state index contributed by atoms with van der Waals surface area (Å²) in [5.74, 6) is -0.578. The maximum atomic E-state index is 12.6. The molecule has 0 spiro atoms. The highest BCUT2D eigenvalue weighted by Crippen LogP contribution is 2.30. The number of nitrogens with zero attached hydrogens (tertiary/aromatic N) is 3. The fourth-order valence-corrected chi connectivity index (χ4v) is 4.48. The molecule has 164 valence electrons. The van der Waals surface area contributed by atoms with Crippen molar-refractivity contribution in [3.8, 4) is 0 Å². The fourth-order valence-electron chi connectivity index (χ4n) is 3.60. The number of esters is 1. The van der Waals surface area contributed by atoms with Crippen molar-refractivity contribution in [2.45, 2.75) is 33.3 Å². The quantitative estimate of drug-likeness (QED) is 0.513. The first-order valence-corrected chi connectivity index (χ1v) is 11.2. The van der Waals surface area contributed by atoms with Crippen LogP contribution in [0.3, 0.4) is 0 Å². The van der Waals surface area contributed by atoms with Crippen molar-refractivity contribution in [2.24, 2.45) is 0 Å². The van der Waals surface area contributed by atoms with E-state index in [1.807, 2.05) is 37.3 Å². The Morgan fingerprint density at radius 3 is 2.72 bits per heavy atom. The van der Waals surface area contributed by atoms with Gasteiger partial charge in [-0.3, -0.25) is 14.5 Å². The molecule has 2 aromatic carbocycles. The lowest BCUT2D eigenvalue weighted by molar-refractivity contribution is -0.117. The van der Waals surface area contributed by atoms with Crippen LogP contribution in [-0.2, 0) is 20.9 Å². The second-order valence-electron chi connectivity index (χ2n) is 7.59. The summed E-state index contributed by atoms with van der Waals surface area (Å²) in [6.45, 7) is 4.10. The lowest BCUT2D eigenvalue weighted by Crippen LogP contribution is -2.23. The summed E-state index contributed by atoms with van der Waals surface area (Å²) in [6, 6.07) is 14.5. The van der Waals surface area contributed by atoms with Gasteiger partial charge in [0, 0.05) is 31.0 Å². The van der Waals surface area contributed by atoms with Crippen molar-refractivity contribution in [3.05, 3.63) is 70.7 Å². The molecule has 1 aliphatic heterocycles. The number of benzene rings is 2. The molecule has 1 aromatic heterocycles. The lowest BCUT2D eigenvalue weighted by Gasteiger charge is -2.18. The van der Waals surface area contributed by atoms with Crippen LogP contribution in [0.1, 0.15) is 41.4 Å². The van der Waals surface area contributed by atoms with Gasteiger partial charge < -0.3 is 9.64 Å². The lowest BCUT2D eigenvalue weighted by atomic mass is 10.2. The van der Waals surface area contributed by atoms with Gasteiger partial charge in [0.15, 0.2) is 5.13 Å². The second-order valence-corrected chi connectivity index (χ2v) is 8.43. The number of rotatable bonds is 6. The van der Waals surface area contributed by atoms with E-state index in [-0.39, 0.29) is 18.4 Å². The first-order chi connectivity index (χ1) is 15.4. The van der Waals surface area contributed by atoms with Gasteiger partial charge in [0.2, 0.25) is 11.8 Å². The summed E-state index contributed by atoms with van der Waals surface area (Å²) < 4.78 is 5.44. The number of amides is 2. The van der Waals surface area contributed by atoms with E-state index in [1.165, 1.54) is 18.3 Å². The minimum Gasteiger partial charge on any atom is -0.456 e. The van der Waals surface area contributed by atoms with Gasteiger partial charge in [-0.1, -0.05) is 18.2 Å². The fraction of sp³-hybridized carbons (Fsp3) is 0.250. The summed E-state index contributed by atoms with van der Waals surface area (Å²) in [5, 5.41) is 2.29. The molecular weight excluding hydrogens is 426 g/mol. The highest BCUT2D eigenvalue weighted by atomic mass is 32.1. The molecule has 1 saturated heterocycles. The largest absolute Gasteiger partial charge is 0.456 e. The molecule has 0 bridgehead atoms. The average Bonchev–Trinajstić information content (AvgIpc) is 3.41. The van der Waals surface area contributed by atoms with Crippen molar-refractivity contribution in [3.63, 3.8) is 0 Å². The normalized spacial score (nSPS) is 13.3. The SMILES string of the molecule is CC(=O)N(c1cccc(C)c1)c1nc(COC(=O)c2cccc(N3CCCC3=O)c2)cs1. The zero-order valence-corrected chi connectivity index (χ0v) is 18.7. The number of ether oxygens (including phenoxy) is 1. The van der Waals surface area contributed by atoms with E-state index in [4.69, 9.17) is 4.74 Å². The topological polar surface area (TPSA) is 79.8 Å².